The lowest BCUT2D eigenvalue weighted by Gasteiger charge is -2.07. The van der Waals surface area contributed by atoms with E-state index in [0.29, 0.717) is 5.69 Å². The number of anilines is 1. The van der Waals surface area contributed by atoms with Crippen LogP contribution in [0.1, 0.15) is 24.2 Å². The van der Waals surface area contributed by atoms with E-state index in [0.717, 1.165) is 0 Å². The maximum absolute atomic E-state index is 11.8. The first-order chi connectivity index (χ1) is 8.82. The number of rotatable bonds is 4. The van der Waals surface area contributed by atoms with Gasteiger partial charge in [-0.25, -0.2) is 4.79 Å². The molecule has 0 saturated carbocycles. The van der Waals surface area contributed by atoms with Gasteiger partial charge in [-0.1, -0.05) is 6.07 Å². The van der Waals surface area contributed by atoms with Gasteiger partial charge in [-0.15, -0.1) is 0 Å². The average molecular weight is 262 g/mol. The number of carboxylic acid groups (broad SMARTS) is 1. The zero-order valence-electron chi connectivity index (χ0n) is 10.6. The number of carbonyl (C=O) groups excluding carboxylic acids is 2. The summed E-state index contributed by atoms with van der Waals surface area (Å²) in [5.41, 5.74) is 5.81. The number of primary amides is 1. The van der Waals surface area contributed by atoms with Crippen molar-refractivity contribution in [1.29, 1.82) is 0 Å². The molecule has 0 radical (unpaired) electrons. The molecular formula is C13H14N2O4. The fourth-order valence-corrected chi connectivity index (χ4v) is 1.31. The largest absolute Gasteiger partial charge is 0.478 e. The van der Waals surface area contributed by atoms with E-state index in [1.807, 2.05) is 0 Å². The van der Waals surface area contributed by atoms with Crippen LogP contribution in [0.5, 0.6) is 0 Å². The minimum atomic E-state index is -1.15. The summed E-state index contributed by atoms with van der Waals surface area (Å²) in [6, 6.07) is 6.08. The van der Waals surface area contributed by atoms with Crippen molar-refractivity contribution in [3.05, 3.63) is 41.0 Å². The molecule has 0 aliphatic heterocycles. The number of nitrogens with two attached hydrogens (primary N) is 1. The quantitative estimate of drug-likeness (QED) is 0.707. The second kappa shape index (κ2) is 5.81. The molecule has 2 amide bonds. The van der Waals surface area contributed by atoms with Crippen molar-refractivity contribution >= 4 is 23.5 Å². The van der Waals surface area contributed by atoms with E-state index in [9.17, 15) is 14.4 Å². The number of hydrogen-bond acceptors (Lipinski definition) is 3. The zero-order valence-corrected chi connectivity index (χ0v) is 10.6. The van der Waals surface area contributed by atoms with Gasteiger partial charge in [-0.3, -0.25) is 9.59 Å². The predicted octanol–water partition coefficient (Wildman–Crippen LogP) is 1.15. The number of nitrogens with one attached hydrogen (secondary N) is 1. The Balaban J connectivity index is 2.95. The summed E-state index contributed by atoms with van der Waals surface area (Å²) in [5, 5.41) is 11.3. The van der Waals surface area contributed by atoms with Crippen LogP contribution in [0.2, 0.25) is 0 Å². The van der Waals surface area contributed by atoms with Crippen LogP contribution in [0.3, 0.4) is 0 Å². The molecule has 1 aromatic carbocycles. The molecular weight excluding hydrogens is 248 g/mol. The van der Waals surface area contributed by atoms with Crippen LogP contribution in [0.15, 0.2) is 35.4 Å². The molecule has 100 valence electrons. The van der Waals surface area contributed by atoms with Gasteiger partial charge in [0.15, 0.2) is 0 Å². The molecule has 19 heavy (non-hydrogen) atoms. The first-order valence-electron chi connectivity index (χ1n) is 5.45. The summed E-state index contributed by atoms with van der Waals surface area (Å²) in [5.74, 6) is -2.30. The molecule has 6 heteroatoms. The van der Waals surface area contributed by atoms with E-state index in [1.165, 1.54) is 26.0 Å². The van der Waals surface area contributed by atoms with Gasteiger partial charge >= 0.3 is 5.97 Å². The topological polar surface area (TPSA) is 109 Å². The Hall–Kier alpha value is -2.63. The van der Waals surface area contributed by atoms with Crippen LogP contribution in [0.4, 0.5) is 5.69 Å². The van der Waals surface area contributed by atoms with Gasteiger partial charge < -0.3 is 16.2 Å². The van der Waals surface area contributed by atoms with E-state index < -0.39 is 17.8 Å². The Bertz CT molecular complexity index is 576. The van der Waals surface area contributed by atoms with Gasteiger partial charge in [0.05, 0.1) is 0 Å². The van der Waals surface area contributed by atoms with E-state index >= 15 is 0 Å². The van der Waals surface area contributed by atoms with Gasteiger partial charge in [-0.2, -0.15) is 0 Å². The number of benzene rings is 1. The number of hydrogen-bond donors (Lipinski definition) is 3. The Kier molecular flexibility index (Phi) is 4.41. The molecule has 0 spiro atoms. The molecule has 0 atom stereocenters. The van der Waals surface area contributed by atoms with Crippen LogP contribution in [-0.4, -0.2) is 22.9 Å². The molecule has 6 nitrogen and oxygen atoms in total. The van der Waals surface area contributed by atoms with Gasteiger partial charge in [0, 0.05) is 22.4 Å². The number of carbonyl (C=O) groups is 3. The van der Waals surface area contributed by atoms with Gasteiger partial charge in [0.25, 0.3) is 5.91 Å². The molecule has 4 N–H and O–H groups in total. The maximum Gasteiger partial charge on any atom is 0.331 e. The highest BCUT2D eigenvalue weighted by Gasteiger charge is 2.13. The van der Waals surface area contributed by atoms with Crippen molar-refractivity contribution in [3.63, 3.8) is 0 Å². The normalized spacial score (nSPS) is 11.5. The van der Waals surface area contributed by atoms with E-state index in [1.54, 1.807) is 12.1 Å². The lowest BCUT2D eigenvalue weighted by atomic mass is 10.1. The highest BCUT2D eigenvalue weighted by Crippen LogP contribution is 2.13. The second-order valence-electron chi connectivity index (χ2n) is 3.95. The van der Waals surface area contributed by atoms with Crippen molar-refractivity contribution < 1.29 is 19.5 Å². The van der Waals surface area contributed by atoms with E-state index in [-0.39, 0.29) is 16.7 Å². The first kappa shape index (κ1) is 14.4. The molecule has 0 fully saturated rings. The third kappa shape index (κ3) is 3.67. The fraction of sp³-hybridized carbons (Fsp3) is 0.154. The third-order valence-electron chi connectivity index (χ3n) is 2.63. The van der Waals surface area contributed by atoms with E-state index in [4.69, 9.17) is 10.8 Å². The van der Waals surface area contributed by atoms with Crippen LogP contribution < -0.4 is 11.1 Å². The van der Waals surface area contributed by atoms with Crippen molar-refractivity contribution in [2.45, 2.75) is 13.8 Å². The highest BCUT2D eigenvalue weighted by molar-refractivity contribution is 6.08. The van der Waals surface area contributed by atoms with Crippen molar-refractivity contribution in [1.82, 2.24) is 0 Å². The number of aliphatic carboxylic acids is 1. The van der Waals surface area contributed by atoms with Crippen LogP contribution >= 0.6 is 0 Å². The van der Waals surface area contributed by atoms with Gasteiger partial charge in [-0.05, 0) is 32.0 Å². The summed E-state index contributed by atoms with van der Waals surface area (Å²) < 4.78 is 0. The number of carboxylic acids is 1. The summed E-state index contributed by atoms with van der Waals surface area (Å²) >= 11 is 0. The molecule has 0 aromatic heterocycles. The van der Waals surface area contributed by atoms with Crippen molar-refractivity contribution in [3.8, 4) is 0 Å². The zero-order chi connectivity index (χ0) is 14.6. The van der Waals surface area contributed by atoms with E-state index in [2.05, 4.69) is 5.32 Å². The van der Waals surface area contributed by atoms with Crippen molar-refractivity contribution in [2.24, 2.45) is 5.73 Å². The third-order valence-corrected chi connectivity index (χ3v) is 2.63. The van der Waals surface area contributed by atoms with Crippen molar-refractivity contribution in [2.75, 3.05) is 5.32 Å². The lowest BCUT2D eigenvalue weighted by molar-refractivity contribution is -0.133. The Labute approximate surface area is 109 Å². The minimum absolute atomic E-state index is 0.0384. The number of amides is 2. The van der Waals surface area contributed by atoms with Crippen LogP contribution in [0.25, 0.3) is 0 Å². The average Bonchev–Trinajstić information content (AvgIpc) is 2.37. The molecule has 0 aliphatic carbocycles. The predicted molar refractivity (Wildman–Crippen MR) is 69.6 cm³/mol. The smallest absolute Gasteiger partial charge is 0.331 e. The van der Waals surface area contributed by atoms with Gasteiger partial charge in [0.1, 0.15) is 0 Å². The molecule has 1 rings (SSSR count). The Morgan fingerprint density at radius 3 is 2.32 bits per heavy atom. The molecule has 0 saturated heterocycles. The Morgan fingerprint density at radius 2 is 1.79 bits per heavy atom. The molecule has 0 unspecified atom stereocenters. The first-order valence-corrected chi connectivity index (χ1v) is 5.45. The van der Waals surface area contributed by atoms with Crippen LogP contribution in [0, 0.1) is 0 Å². The standard InChI is InChI=1S/C13H14N2O4/c1-7(8(2)13(18)19)12(17)15-10-5-3-4-9(6-10)11(14)16/h3-6H,1-2H3,(H2,14,16)(H,15,17)(H,18,19). The second-order valence-corrected chi connectivity index (χ2v) is 3.95. The van der Waals surface area contributed by atoms with Gasteiger partial charge in [0.2, 0.25) is 5.91 Å². The molecule has 0 aliphatic rings. The molecule has 0 bridgehead atoms. The minimum Gasteiger partial charge on any atom is -0.478 e. The van der Waals surface area contributed by atoms with Crippen LogP contribution in [-0.2, 0) is 9.59 Å². The molecule has 0 heterocycles. The molecule has 1 aromatic rings. The monoisotopic (exact) mass is 262 g/mol. The fourth-order valence-electron chi connectivity index (χ4n) is 1.31. The Morgan fingerprint density at radius 1 is 1.16 bits per heavy atom. The SMILES string of the molecule is CC(C(=O)O)=C(C)C(=O)Nc1cccc(C(N)=O)c1. The summed E-state index contributed by atoms with van der Waals surface area (Å²) in [7, 11) is 0. The lowest BCUT2D eigenvalue weighted by Crippen LogP contribution is -2.17. The summed E-state index contributed by atoms with van der Waals surface area (Å²) in [6.07, 6.45) is 0. The maximum atomic E-state index is 11.8. The summed E-state index contributed by atoms with van der Waals surface area (Å²) in [6.45, 7) is 2.76. The summed E-state index contributed by atoms with van der Waals surface area (Å²) in [4.78, 5) is 33.5. The highest BCUT2D eigenvalue weighted by atomic mass is 16.4.